The Labute approximate surface area is 164 Å². The van der Waals surface area contributed by atoms with Gasteiger partial charge in [-0.2, -0.15) is 0 Å². The van der Waals surface area contributed by atoms with E-state index < -0.39 is 17.6 Å². The Hall–Kier alpha value is -2.19. The van der Waals surface area contributed by atoms with Crippen molar-refractivity contribution >= 4 is 11.7 Å². The molecule has 0 bridgehead atoms. The predicted molar refractivity (Wildman–Crippen MR) is 101 cm³/mol. The molecule has 28 heavy (non-hydrogen) atoms. The van der Waals surface area contributed by atoms with Crippen molar-refractivity contribution in [3.63, 3.8) is 0 Å². The van der Waals surface area contributed by atoms with Gasteiger partial charge in [0, 0.05) is 18.4 Å². The van der Waals surface area contributed by atoms with Crippen LogP contribution in [0.4, 0.5) is 4.39 Å². The number of rotatable bonds is 9. The lowest BCUT2D eigenvalue weighted by molar-refractivity contribution is -0.272. The fourth-order valence-corrected chi connectivity index (χ4v) is 2.80. The smallest absolute Gasteiger partial charge is 0.366 e. The van der Waals surface area contributed by atoms with Crippen molar-refractivity contribution in [2.24, 2.45) is 11.1 Å². The zero-order chi connectivity index (χ0) is 20.6. The van der Waals surface area contributed by atoms with Gasteiger partial charge in [-0.3, -0.25) is 0 Å². The first-order valence-corrected chi connectivity index (χ1v) is 9.26. The largest absolute Gasteiger partial charge is 0.494 e. The second-order valence-corrected chi connectivity index (χ2v) is 6.78. The first-order valence-electron chi connectivity index (χ1n) is 9.26. The van der Waals surface area contributed by atoms with Crippen LogP contribution in [0.3, 0.4) is 0 Å². The Balaban J connectivity index is 1.65. The maximum Gasteiger partial charge on any atom is 0.366 e. The number of esters is 1. The molecular formula is C20H28FNO6. The maximum absolute atomic E-state index is 13.7. The molecule has 1 heterocycles. The summed E-state index contributed by atoms with van der Waals surface area (Å²) in [4.78, 5) is 16.9. The molecule has 2 rings (SSSR count). The number of hydrogen-bond acceptors (Lipinski definition) is 7. The Kier molecular flexibility index (Phi) is 8.19. The summed E-state index contributed by atoms with van der Waals surface area (Å²) >= 11 is 0. The Morgan fingerprint density at radius 2 is 2.00 bits per heavy atom. The van der Waals surface area contributed by atoms with E-state index in [1.807, 2.05) is 0 Å². The van der Waals surface area contributed by atoms with Gasteiger partial charge in [-0.15, -0.1) is 0 Å². The minimum Gasteiger partial charge on any atom is -0.494 e. The summed E-state index contributed by atoms with van der Waals surface area (Å²) in [5.74, 6) is -1.84. The van der Waals surface area contributed by atoms with Crippen LogP contribution in [-0.4, -0.2) is 51.5 Å². The van der Waals surface area contributed by atoms with Gasteiger partial charge in [0.25, 0.3) is 5.79 Å². The van der Waals surface area contributed by atoms with Crippen molar-refractivity contribution in [2.75, 3.05) is 34.0 Å². The highest BCUT2D eigenvalue weighted by Gasteiger charge is 2.41. The van der Waals surface area contributed by atoms with E-state index in [0.29, 0.717) is 31.1 Å². The average Bonchev–Trinajstić information content (AvgIpc) is 2.71. The van der Waals surface area contributed by atoms with Gasteiger partial charge < -0.3 is 23.8 Å². The van der Waals surface area contributed by atoms with Crippen molar-refractivity contribution in [3.8, 4) is 5.75 Å². The maximum atomic E-state index is 13.7. The number of carbonyl (C=O) groups is 1. The summed E-state index contributed by atoms with van der Waals surface area (Å²) in [6.07, 6.45) is 2.63. The number of ether oxygens (including phenoxy) is 4. The highest BCUT2D eigenvalue weighted by molar-refractivity contribution is 5.98. The lowest BCUT2D eigenvalue weighted by atomic mass is 10.0. The molecule has 1 aromatic carbocycles. The van der Waals surface area contributed by atoms with Crippen LogP contribution in [0, 0.1) is 11.7 Å². The number of unbranched alkanes of at least 4 members (excludes halogenated alkanes) is 1. The Morgan fingerprint density at radius 1 is 1.29 bits per heavy atom. The second-order valence-electron chi connectivity index (χ2n) is 6.78. The van der Waals surface area contributed by atoms with Gasteiger partial charge >= 0.3 is 5.97 Å². The summed E-state index contributed by atoms with van der Waals surface area (Å²) < 4.78 is 34.3. The molecule has 156 valence electrons. The van der Waals surface area contributed by atoms with Crippen molar-refractivity contribution in [1.29, 1.82) is 0 Å². The molecule has 8 heteroatoms. The number of carbonyl (C=O) groups excluding carboxylic acids is 1. The SMILES string of the molecule is COC(=O)C1(C)OCC(CCCCO/N=C(/C)c2ccc(OC)c(F)c2)CO1. The predicted octanol–water partition coefficient (Wildman–Crippen LogP) is 3.30. The number of oxime groups is 1. The first-order chi connectivity index (χ1) is 13.4. The molecule has 7 nitrogen and oxygen atoms in total. The van der Waals surface area contributed by atoms with Gasteiger partial charge in [0.1, 0.15) is 6.61 Å². The molecule has 1 fully saturated rings. The topological polar surface area (TPSA) is 75.6 Å². The molecule has 0 aromatic heterocycles. The highest BCUT2D eigenvalue weighted by Crippen LogP contribution is 2.25. The monoisotopic (exact) mass is 397 g/mol. The van der Waals surface area contributed by atoms with Crippen LogP contribution in [0.25, 0.3) is 0 Å². The summed E-state index contributed by atoms with van der Waals surface area (Å²) in [5, 5.41) is 4.03. The summed E-state index contributed by atoms with van der Waals surface area (Å²) in [7, 11) is 2.73. The highest BCUT2D eigenvalue weighted by atomic mass is 19.1. The van der Waals surface area contributed by atoms with E-state index in [4.69, 9.17) is 19.0 Å². The van der Waals surface area contributed by atoms with Crippen LogP contribution in [0.2, 0.25) is 0 Å². The molecular weight excluding hydrogens is 369 g/mol. The lowest BCUT2D eigenvalue weighted by Crippen LogP contribution is -2.48. The zero-order valence-electron chi connectivity index (χ0n) is 16.8. The van der Waals surface area contributed by atoms with E-state index in [1.54, 1.807) is 26.0 Å². The van der Waals surface area contributed by atoms with Gasteiger partial charge in [-0.05, 0) is 44.4 Å². The van der Waals surface area contributed by atoms with E-state index in [9.17, 15) is 9.18 Å². The third kappa shape index (κ3) is 5.90. The van der Waals surface area contributed by atoms with E-state index in [2.05, 4.69) is 9.89 Å². The minimum atomic E-state index is -1.30. The average molecular weight is 397 g/mol. The number of methoxy groups -OCH3 is 2. The van der Waals surface area contributed by atoms with Crippen LogP contribution >= 0.6 is 0 Å². The molecule has 0 unspecified atom stereocenters. The fraction of sp³-hybridized carbons (Fsp3) is 0.600. The van der Waals surface area contributed by atoms with Crippen LogP contribution < -0.4 is 4.74 Å². The normalized spacial score (nSPS) is 22.6. The molecule has 0 amide bonds. The van der Waals surface area contributed by atoms with Crippen LogP contribution in [0.15, 0.2) is 23.4 Å². The van der Waals surface area contributed by atoms with Crippen LogP contribution in [0.5, 0.6) is 5.75 Å². The Morgan fingerprint density at radius 3 is 2.61 bits per heavy atom. The van der Waals surface area contributed by atoms with E-state index in [-0.39, 0.29) is 11.7 Å². The zero-order valence-corrected chi connectivity index (χ0v) is 16.8. The van der Waals surface area contributed by atoms with Gasteiger partial charge in [0.05, 0.1) is 33.1 Å². The third-order valence-corrected chi connectivity index (χ3v) is 4.61. The molecule has 0 radical (unpaired) electrons. The quantitative estimate of drug-likeness (QED) is 0.275. The summed E-state index contributed by atoms with van der Waals surface area (Å²) in [6.45, 7) is 4.69. The van der Waals surface area contributed by atoms with Crippen molar-refractivity contribution in [1.82, 2.24) is 0 Å². The van der Waals surface area contributed by atoms with Gasteiger partial charge in [-0.25, -0.2) is 9.18 Å². The molecule has 0 spiro atoms. The number of benzene rings is 1. The summed E-state index contributed by atoms with van der Waals surface area (Å²) in [6, 6.07) is 4.66. The van der Waals surface area contributed by atoms with Crippen molar-refractivity contribution in [3.05, 3.63) is 29.6 Å². The van der Waals surface area contributed by atoms with Crippen LogP contribution in [0.1, 0.15) is 38.7 Å². The van der Waals surface area contributed by atoms with Crippen molar-refractivity contribution in [2.45, 2.75) is 38.9 Å². The minimum absolute atomic E-state index is 0.194. The second kappa shape index (κ2) is 10.4. The van der Waals surface area contributed by atoms with Gasteiger partial charge in [0.2, 0.25) is 0 Å². The first kappa shape index (κ1) is 22.1. The van der Waals surface area contributed by atoms with E-state index >= 15 is 0 Å². The van der Waals surface area contributed by atoms with Crippen molar-refractivity contribution < 1.29 is 33.0 Å². The number of nitrogens with zero attached hydrogens (tertiary/aromatic N) is 1. The van der Waals surface area contributed by atoms with Crippen LogP contribution in [-0.2, 0) is 23.8 Å². The standard InChI is InChI=1S/C20H28FNO6/c1-14(16-8-9-18(24-3)17(21)11-16)22-28-10-6-5-7-15-12-26-20(2,27-13-15)19(23)25-4/h8-9,11,15H,5-7,10,12-13H2,1-4H3/b22-14-. The summed E-state index contributed by atoms with van der Waals surface area (Å²) in [5.41, 5.74) is 1.24. The molecule has 0 N–H and O–H groups in total. The fourth-order valence-electron chi connectivity index (χ4n) is 2.80. The molecule has 1 aromatic rings. The molecule has 0 aliphatic carbocycles. The van der Waals surface area contributed by atoms with Gasteiger partial charge in [-0.1, -0.05) is 5.16 Å². The Bertz CT molecular complexity index is 685. The lowest BCUT2D eigenvalue weighted by Gasteiger charge is -2.35. The molecule has 0 saturated carbocycles. The number of hydrogen-bond donors (Lipinski definition) is 0. The molecule has 1 saturated heterocycles. The number of halogens is 1. The molecule has 0 atom stereocenters. The van der Waals surface area contributed by atoms with E-state index in [1.165, 1.54) is 20.3 Å². The molecule has 1 aliphatic heterocycles. The third-order valence-electron chi connectivity index (χ3n) is 4.61. The van der Waals surface area contributed by atoms with E-state index in [0.717, 1.165) is 19.3 Å². The van der Waals surface area contributed by atoms with Gasteiger partial charge in [0.15, 0.2) is 11.6 Å². The molecule has 1 aliphatic rings.